The summed E-state index contributed by atoms with van der Waals surface area (Å²) in [6.07, 6.45) is 6.21. The van der Waals surface area contributed by atoms with Gasteiger partial charge in [-0.05, 0) is 49.3 Å². The molecule has 0 radical (unpaired) electrons. The van der Waals surface area contributed by atoms with Crippen molar-refractivity contribution in [3.8, 4) is 5.75 Å². The summed E-state index contributed by atoms with van der Waals surface area (Å²) in [5.74, 6) is 1.57. The number of hydrogen-bond donors (Lipinski definition) is 1. The quantitative estimate of drug-likeness (QED) is 0.812. The predicted octanol–water partition coefficient (Wildman–Crippen LogP) is 3.66. The molecule has 154 valence electrons. The zero-order chi connectivity index (χ0) is 20.1. The Balaban J connectivity index is 1.63. The highest BCUT2D eigenvalue weighted by Gasteiger charge is 2.43. The molecule has 0 spiro atoms. The van der Waals surface area contributed by atoms with Crippen molar-refractivity contribution in [2.24, 2.45) is 5.92 Å². The van der Waals surface area contributed by atoms with Crippen LogP contribution in [0.15, 0.2) is 24.3 Å². The molecule has 1 heterocycles. The lowest BCUT2D eigenvalue weighted by Gasteiger charge is -2.36. The van der Waals surface area contributed by atoms with E-state index in [0.717, 1.165) is 62.9 Å². The first-order chi connectivity index (χ1) is 13.4. The molecule has 1 aromatic carbocycles. The lowest BCUT2D eigenvalue weighted by atomic mass is 9.77. The van der Waals surface area contributed by atoms with Crippen LogP contribution < -0.4 is 10.1 Å². The standard InChI is InChI=1S/C23H34N2O3/c1-17(2)15-21(26)25-13-9-19(10-14-25)24-22(27)23(11-4-5-12-23)18-7-6-8-20(16-18)28-3/h6-8,16-17,19H,4-5,9-15H2,1-3H3,(H,24,27). The van der Waals surface area contributed by atoms with E-state index in [1.54, 1.807) is 7.11 Å². The van der Waals surface area contributed by atoms with Crippen molar-refractivity contribution in [3.05, 3.63) is 29.8 Å². The van der Waals surface area contributed by atoms with Crippen molar-refractivity contribution in [2.45, 2.75) is 70.3 Å². The molecule has 5 nitrogen and oxygen atoms in total. The van der Waals surface area contributed by atoms with E-state index in [0.29, 0.717) is 12.3 Å². The summed E-state index contributed by atoms with van der Waals surface area (Å²) < 4.78 is 5.38. The van der Waals surface area contributed by atoms with Crippen LogP contribution in [0.1, 0.15) is 64.4 Å². The van der Waals surface area contributed by atoms with Crippen molar-refractivity contribution in [2.75, 3.05) is 20.2 Å². The molecule has 0 aromatic heterocycles. The van der Waals surface area contributed by atoms with Crippen LogP contribution in [0.4, 0.5) is 0 Å². The molecule has 0 unspecified atom stereocenters. The van der Waals surface area contributed by atoms with Gasteiger partial charge in [-0.1, -0.05) is 38.8 Å². The third-order valence-electron chi connectivity index (χ3n) is 6.28. The van der Waals surface area contributed by atoms with Gasteiger partial charge in [-0.25, -0.2) is 0 Å². The van der Waals surface area contributed by atoms with Crippen molar-refractivity contribution in [1.82, 2.24) is 10.2 Å². The normalized spacial score (nSPS) is 19.6. The van der Waals surface area contributed by atoms with Gasteiger partial charge in [-0.15, -0.1) is 0 Å². The van der Waals surface area contributed by atoms with Gasteiger partial charge in [0.2, 0.25) is 11.8 Å². The lowest BCUT2D eigenvalue weighted by Crippen LogP contribution is -2.51. The first kappa shape index (κ1) is 20.7. The largest absolute Gasteiger partial charge is 0.497 e. The van der Waals surface area contributed by atoms with Crippen molar-refractivity contribution in [1.29, 1.82) is 0 Å². The van der Waals surface area contributed by atoms with E-state index < -0.39 is 5.41 Å². The first-order valence-electron chi connectivity index (χ1n) is 10.7. The molecule has 1 aliphatic heterocycles. The second kappa shape index (κ2) is 8.97. The monoisotopic (exact) mass is 386 g/mol. The Morgan fingerprint density at radius 3 is 2.50 bits per heavy atom. The highest BCUT2D eigenvalue weighted by atomic mass is 16.5. The van der Waals surface area contributed by atoms with Gasteiger partial charge in [0.1, 0.15) is 5.75 Å². The summed E-state index contributed by atoms with van der Waals surface area (Å²) in [6.45, 7) is 5.63. The van der Waals surface area contributed by atoms with Crippen molar-refractivity contribution < 1.29 is 14.3 Å². The highest BCUT2D eigenvalue weighted by molar-refractivity contribution is 5.89. The second-order valence-corrected chi connectivity index (χ2v) is 8.75. The predicted molar refractivity (Wildman–Crippen MR) is 110 cm³/mol. The number of amides is 2. The summed E-state index contributed by atoms with van der Waals surface area (Å²) in [7, 11) is 1.66. The molecule has 2 fully saturated rings. The molecule has 2 aliphatic rings. The number of nitrogens with one attached hydrogen (secondary N) is 1. The number of carbonyl (C=O) groups excluding carboxylic acids is 2. The minimum Gasteiger partial charge on any atom is -0.497 e. The van der Waals surface area contributed by atoms with E-state index in [1.807, 2.05) is 23.1 Å². The Kier molecular flexibility index (Phi) is 6.63. The lowest BCUT2D eigenvalue weighted by molar-refractivity contribution is -0.133. The SMILES string of the molecule is COc1cccc(C2(C(=O)NC3CCN(C(=O)CC(C)C)CC3)CCCC2)c1. The maximum atomic E-state index is 13.4. The Hall–Kier alpha value is -2.04. The van der Waals surface area contributed by atoms with E-state index >= 15 is 0 Å². The molecule has 1 saturated carbocycles. The fraction of sp³-hybridized carbons (Fsp3) is 0.652. The summed E-state index contributed by atoms with van der Waals surface area (Å²) in [4.78, 5) is 27.6. The Bertz CT molecular complexity index is 687. The molecular formula is C23H34N2O3. The van der Waals surface area contributed by atoms with Crippen LogP contribution in [0.3, 0.4) is 0 Å². The highest BCUT2D eigenvalue weighted by Crippen LogP contribution is 2.42. The first-order valence-corrected chi connectivity index (χ1v) is 10.7. The van der Waals surface area contributed by atoms with Gasteiger partial charge in [0.05, 0.1) is 12.5 Å². The van der Waals surface area contributed by atoms with Crippen LogP contribution in [0.25, 0.3) is 0 Å². The Morgan fingerprint density at radius 1 is 1.21 bits per heavy atom. The third-order valence-corrected chi connectivity index (χ3v) is 6.28. The average molecular weight is 387 g/mol. The van der Waals surface area contributed by atoms with E-state index in [-0.39, 0.29) is 17.9 Å². The Labute approximate surface area is 168 Å². The van der Waals surface area contributed by atoms with Crippen LogP contribution >= 0.6 is 0 Å². The van der Waals surface area contributed by atoms with Gasteiger partial charge < -0.3 is 15.0 Å². The van der Waals surface area contributed by atoms with Crippen LogP contribution in [0.2, 0.25) is 0 Å². The number of hydrogen-bond acceptors (Lipinski definition) is 3. The number of benzene rings is 1. The van der Waals surface area contributed by atoms with Gasteiger partial charge in [0, 0.05) is 25.6 Å². The second-order valence-electron chi connectivity index (χ2n) is 8.75. The minimum atomic E-state index is -0.445. The number of ether oxygens (including phenoxy) is 1. The number of nitrogens with zero attached hydrogens (tertiary/aromatic N) is 1. The van der Waals surface area contributed by atoms with E-state index in [9.17, 15) is 9.59 Å². The van der Waals surface area contributed by atoms with Crippen molar-refractivity contribution >= 4 is 11.8 Å². The molecule has 0 atom stereocenters. The molecule has 1 aliphatic carbocycles. The summed E-state index contributed by atoms with van der Waals surface area (Å²) >= 11 is 0. The molecule has 28 heavy (non-hydrogen) atoms. The Morgan fingerprint density at radius 2 is 1.89 bits per heavy atom. The number of carbonyl (C=O) groups is 2. The van der Waals surface area contributed by atoms with Crippen LogP contribution in [-0.2, 0) is 15.0 Å². The fourth-order valence-electron chi connectivity index (χ4n) is 4.62. The van der Waals surface area contributed by atoms with Crippen LogP contribution in [-0.4, -0.2) is 43.0 Å². The average Bonchev–Trinajstić information content (AvgIpc) is 3.19. The van der Waals surface area contributed by atoms with Crippen molar-refractivity contribution in [3.63, 3.8) is 0 Å². The van der Waals surface area contributed by atoms with E-state index in [4.69, 9.17) is 4.74 Å². The fourth-order valence-corrected chi connectivity index (χ4v) is 4.62. The third kappa shape index (κ3) is 4.50. The van der Waals surface area contributed by atoms with Gasteiger partial charge in [0.15, 0.2) is 0 Å². The topological polar surface area (TPSA) is 58.6 Å². The van der Waals surface area contributed by atoms with Crippen LogP contribution in [0.5, 0.6) is 5.75 Å². The number of likely N-dealkylation sites (tertiary alicyclic amines) is 1. The molecule has 1 N–H and O–H groups in total. The van der Waals surface area contributed by atoms with Crippen LogP contribution in [0, 0.1) is 5.92 Å². The summed E-state index contributed by atoms with van der Waals surface area (Å²) in [5, 5.41) is 3.32. The summed E-state index contributed by atoms with van der Waals surface area (Å²) in [5.41, 5.74) is 0.616. The number of piperidine rings is 1. The van der Waals surface area contributed by atoms with Gasteiger partial charge in [-0.2, -0.15) is 0 Å². The van der Waals surface area contributed by atoms with Gasteiger partial charge >= 0.3 is 0 Å². The smallest absolute Gasteiger partial charge is 0.230 e. The zero-order valence-corrected chi connectivity index (χ0v) is 17.5. The molecule has 0 bridgehead atoms. The van der Waals surface area contributed by atoms with Gasteiger partial charge in [0.25, 0.3) is 0 Å². The van der Waals surface area contributed by atoms with E-state index in [2.05, 4.69) is 25.2 Å². The molecule has 1 aromatic rings. The molecular weight excluding hydrogens is 352 g/mol. The number of rotatable bonds is 6. The maximum absolute atomic E-state index is 13.4. The van der Waals surface area contributed by atoms with Gasteiger partial charge in [-0.3, -0.25) is 9.59 Å². The minimum absolute atomic E-state index is 0.144. The van der Waals surface area contributed by atoms with E-state index in [1.165, 1.54) is 0 Å². The summed E-state index contributed by atoms with van der Waals surface area (Å²) in [6, 6.07) is 8.12. The molecule has 3 rings (SSSR count). The zero-order valence-electron chi connectivity index (χ0n) is 17.5. The maximum Gasteiger partial charge on any atom is 0.230 e. The molecule has 1 saturated heterocycles. The molecule has 5 heteroatoms. The molecule has 2 amide bonds. The number of methoxy groups -OCH3 is 1.